The van der Waals surface area contributed by atoms with E-state index in [9.17, 15) is 8.42 Å². The van der Waals surface area contributed by atoms with Gasteiger partial charge in [0.05, 0.1) is 16.0 Å². The Morgan fingerprint density at radius 3 is 2.80 bits per heavy atom. The van der Waals surface area contributed by atoms with Crippen LogP contribution in [0.5, 0.6) is 0 Å². The molecule has 1 unspecified atom stereocenters. The van der Waals surface area contributed by atoms with Crippen molar-refractivity contribution in [1.29, 1.82) is 0 Å². The van der Waals surface area contributed by atoms with Gasteiger partial charge in [0.15, 0.2) is 9.84 Å². The normalized spacial score (nSPS) is 22.2. The van der Waals surface area contributed by atoms with Gasteiger partial charge < -0.3 is 5.73 Å². The molecule has 0 heterocycles. The van der Waals surface area contributed by atoms with Gasteiger partial charge in [0, 0.05) is 6.54 Å². The summed E-state index contributed by atoms with van der Waals surface area (Å²) in [4.78, 5) is 0.378. The van der Waals surface area contributed by atoms with Crippen LogP contribution in [0, 0.1) is 0 Å². The van der Waals surface area contributed by atoms with E-state index < -0.39 is 9.84 Å². The highest BCUT2D eigenvalue weighted by atomic mass is 35.5. The number of alkyl halides is 1. The molecule has 0 fully saturated rings. The monoisotopic (exact) mass is 249 g/mol. The van der Waals surface area contributed by atoms with E-state index in [1.165, 1.54) is 0 Å². The van der Waals surface area contributed by atoms with Crippen LogP contribution in [0.25, 0.3) is 0 Å². The van der Waals surface area contributed by atoms with Gasteiger partial charge in [-0.2, -0.15) is 0 Å². The first-order valence-corrected chi connectivity index (χ1v) is 7.07. The Balaban J connectivity index is 3.07. The first-order chi connectivity index (χ1) is 7.01. The molecule has 0 aromatic carbocycles. The van der Waals surface area contributed by atoms with Crippen LogP contribution in [0.15, 0.2) is 22.6 Å². The van der Waals surface area contributed by atoms with E-state index in [0.717, 1.165) is 5.57 Å². The Morgan fingerprint density at radius 2 is 2.27 bits per heavy atom. The summed E-state index contributed by atoms with van der Waals surface area (Å²) < 4.78 is 23.7. The third-order valence-electron chi connectivity index (χ3n) is 2.30. The molecule has 0 saturated carbocycles. The van der Waals surface area contributed by atoms with Gasteiger partial charge in [-0.1, -0.05) is 13.0 Å². The molecule has 0 aliphatic heterocycles. The minimum Gasteiger partial charge on any atom is -0.327 e. The number of allylic oxidation sites excluding steroid dienone is 2. The van der Waals surface area contributed by atoms with Crippen LogP contribution in [0.1, 0.15) is 19.8 Å². The second kappa shape index (κ2) is 5.14. The van der Waals surface area contributed by atoms with Crippen LogP contribution >= 0.6 is 11.6 Å². The summed E-state index contributed by atoms with van der Waals surface area (Å²) in [6.45, 7) is 2.10. The molecule has 0 bridgehead atoms. The molecule has 15 heavy (non-hydrogen) atoms. The quantitative estimate of drug-likeness (QED) is 0.770. The largest absolute Gasteiger partial charge is 0.327 e. The lowest BCUT2D eigenvalue weighted by Gasteiger charge is -2.17. The Hall–Kier alpha value is -0.320. The molecule has 86 valence electrons. The lowest BCUT2D eigenvalue weighted by Crippen LogP contribution is -2.19. The predicted octanol–water partition coefficient (Wildman–Crippen LogP) is 1.59. The summed E-state index contributed by atoms with van der Waals surface area (Å²) in [5.74, 6) is 0.170. The maximum absolute atomic E-state index is 11.9. The van der Waals surface area contributed by atoms with E-state index in [2.05, 4.69) is 0 Å². The minimum atomic E-state index is -3.16. The van der Waals surface area contributed by atoms with E-state index >= 15 is 0 Å². The van der Waals surface area contributed by atoms with Crippen molar-refractivity contribution >= 4 is 21.4 Å². The summed E-state index contributed by atoms with van der Waals surface area (Å²) >= 11 is 5.91. The van der Waals surface area contributed by atoms with Gasteiger partial charge in [-0.3, -0.25) is 0 Å². The fourth-order valence-electron chi connectivity index (χ4n) is 1.60. The molecule has 0 saturated heterocycles. The Bertz CT molecular complexity index is 384. The predicted molar refractivity (Wildman–Crippen MR) is 63.6 cm³/mol. The number of nitrogens with two attached hydrogens (primary N) is 1. The zero-order valence-electron chi connectivity index (χ0n) is 8.74. The highest BCUT2D eigenvalue weighted by Gasteiger charge is 2.22. The van der Waals surface area contributed by atoms with E-state index in [0.29, 0.717) is 17.7 Å². The number of rotatable bonds is 4. The summed E-state index contributed by atoms with van der Waals surface area (Å²) in [7, 11) is -3.16. The molecule has 0 spiro atoms. The molecular formula is C10H16ClNO2S. The minimum absolute atomic E-state index is 0.135. The average molecular weight is 250 g/mol. The van der Waals surface area contributed by atoms with Crippen molar-refractivity contribution in [3.63, 3.8) is 0 Å². The lowest BCUT2D eigenvalue weighted by atomic mass is 10.1. The molecule has 0 aromatic heterocycles. The Kier molecular flexibility index (Phi) is 4.37. The fourth-order valence-corrected chi connectivity index (χ4v) is 3.51. The topological polar surface area (TPSA) is 60.2 Å². The number of hydrogen-bond donors (Lipinski definition) is 1. The summed E-state index contributed by atoms with van der Waals surface area (Å²) in [6.07, 6.45) is 4.45. The van der Waals surface area contributed by atoms with E-state index in [1.54, 1.807) is 12.2 Å². The number of hydrogen-bond acceptors (Lipinski definition) is 3. The third kappa shape index (κ3) is 3.06. The molecule has 5 heteroatoms. The zero-order valence-corrected chi connectivity index (χ0v) is 10.3. The van der Waals surface area contributed by atoms with Crippen LogP contribution in [0.2, 0.25) is 0 Å². The maximum Gasteiger partial charge on any atom is 0.178 e. The summed E-state index contributed by atoms with van der Waals surface area (Å²) in [5.41, 5.74) is 6.28. The number of sulfone groups is 1. The van der Waals surface area contributed by atoms with Crippen molar-refractivity contribution in [3.05, 3.63) is 22.6 Å². The molecule has 0 amide bonds. The number of halogens is 1. The van der Waals surface area contributed by atoms with Gasteiger partial charge in [0.25, 0.3) is 0 Å². The molecule has 1 aliphatic carbocycles. The van der Waals surface area contributed by atoms with Crippen molar-refractivity contribution in [2.24, 2.45) is 5.73 Å². The molecule has 1 aliphatic rings. The molecule has 3 nitrogen and oxygen atoms in total. The van der Waals surface area contributed by atoms with Crippen LogP contribution < -0.4 is 5.73 Å². The highest BCUT2D eigenvalue weighted by Crippen LogP contribution is 2.26. The smallest absolute Gasteiger partial charge is 0.178 e. The van der Waals surface area contributed by atoms with E-state index in [-0.39, 0.29) is 17.7 Å². The highest BCUT2D eigenvalue weighted by molar-refractivity contribution is 7.95. The Morgan fingerprint density at radius 1 is 1.60 bits per heavy atom. The van der Waals surface area contributed by atoms with Gasteiger partial charge in [-0.05, 0) is 24.5 Å². The van der Waals surface area contributed by atoms with Gasteiger partial charge >= 0.3 is 0 Å². The second-order valence-electron chi connectivity index (χ2n) is 3.57. The zero-order chi connectivity index (χ0) is 11.5. The van der Waals surface area contributed by atoms with Crippen LogP contribution in [0.4, 0.5) is 0 Å². The van der Waals surface area contributed by atoms with Gasteiger partial charge in [0.2, 0.25) is 0 Å². The average Bonchev–Trinajstić information content (AvgIpc) is 2.17. The molecule has 1 rings (SSSR count). The van der Waals surface area contributed by atoms with Gasteiger partial charge in [-0.25, -0.2) is 8.42 Å². The van der Waals surface area contributed by atoms with Gasteiger partial charge in [-0.15, -0.1) is 11.6 Å². The van der Waals surface area contributed by atoms with E-state index in [4.69, 9.17) is 17.3 Å². The molecule has 1 atom stereocenters. The van der Waals surface area contributed by atoms with Crippen molar-refractivity contribution in [1.82, 2.24) is 0 Å². The maximum atomic E-state index is 11.9. The summed E-state index contributed by atoms with van der Waals surface area (Å²) in [5, 5.41) is -0.135. The van der Waals surface area contributed by atoms with Crippen LogP contribution in [0.3, 0.4) is 0 Å². The molecular weight excluding hydrogens is 234 g/mol. The third-order valence-corrected chi connectivity index (χ3v) is 4.64. The van der Waals surface area contributed by atoms with Crippen molar-refractivity contribution in [2.75, 3.05) is 12.3 Å². The molecule has 2 N–H and O–H groups in total. The van der Waals surface area contributed by atoms with Gasteiger partial charge in [0.1, 0.15) is 0 Å². The van der Waals surface area contributed by atoms with Crippen molar-refractivity contribution in [3.8, 4) is 0 Å². The van der Waals surface area contributed by atoms with Crippen LogP contribution in [-0.2, 0) is 9.84 Å². The SMILES string of the molecule is CCCS(=O)(=O)C1=C(CN)CC(Cl)C=C1. The molecule has 0 radical (unpaired) electrons. The first-order valence-electron chi connectivity index (χ1n) is 4.98. The standard InChI is InChI=1S/C10H16ClNO2S/c1-2-5-15(13,14)10-4-3-9(11)6-8(10)7-12/h3-4,9H,2,5-7,12H2,1H3. The van der Waals surface area contributed by atoms with Crippen molar-refractivity contribution in [2.45, 2.75) is 25.1 Å². The van der Waals surface area contributed by atoms with E-state index in [1.807, 2.05) is 6.92 Å². The Labute approximate surface area is 95.9 Å². The van der Waals surface area contributed by atoms with Crippen molar-refractivity contribution < 1.29 is 8.42 Å². The second-order valence-corrected chi connectivity index (χ2v) is 6.21. The molecule has 0 aromatic rings. The fraction of sp³-hybridized carbons (Fsp3) is 0.600. The summed E-state index contributed by atoms with van der Waals surface area (Å²) in [6, 6.07) is 0. The lowest BCUT2D eigenvalue weighted by molar-refractivity contribution is 0.600. The van der Waals surface area contributed by atoms with Crippen LogP contribution in [-0.4, -0.2) is 26.1 Å². The first kappa shape index (κ1) is 12.7.